The van der Waals surface area contributed by atoms with Crippen molar-refractivity contribution in [3.05, 3.63) is 36.2 Å². The third kappa shape index (κ3) is 3.33. The van der Waals surface area contributed by atoms with Gasteiger partial charge < -0.3 is 10.3 Å². The summed E-state index contributed by atoms with van der Waals surface area (Å²) >= 11 is 0. The van der Waals surface area contributed by atoms with E-state index in [1.807, 2.05) is 21.5 Å². The molecule has 0 bridgehead atoms. The van der Waals surface area contributed by atoms with Crippen LogP contribution in [-0.4, -0.2) is 31.7 Å². The van der Waals surface area contributed by atoms with Crippen LogP contribution in [0.3, 0.4) is 0 Å². The van der Waals surface area contributed by atoms with Gasteiger partial charge in [0.1, 0.15) is 5.69 Å². The SMILES string of the molecule is CCC(C)n1ccc(CC(=O)c2cn(CCN)cn2)n1. The molecule has 6 heteroatoms. The molecule has 0 aromatic carbocycles. The molecule has 1 atom stereocenters. The second-order valence-electron chi connectivity index (χ2n) is 4.93. The predicted molar refractivity (Wildman–Crippen MR) is 76.5 cm³/mol. The molecule has 0 saturated heterocycles. The number of nitrogens with zero attached hydrogens (tertiary/aromatic N) is 4. The van der Waals surface area contributed by atoms with Crippen LogP contribution in [0.1, 0.15) is 42.5 Å². The van der Waals surface area contributed by atoms with Gasteiger partial charge in [-0.3, -0.25) is 9.48 Å². The Kier molecular flexibility index (Phi) is 4.68. The summed E-state index contributed by atoms with van der Waals surface area (Å²) in [4.78, 5) is 16.2. The summed E-state index contributed by atoms with van der Waals surface area (Å²) in [5.74, 6) is -0.0184. The third-order valence-electron chi connectivity index (χ3n) is 3.35. The zero-order valence-corrected chi connectivity index (χ0v) is 12.0. The fraction of sp³-hybridized carbons (Fsp3) is 0.500. The molecule has 2 N–H and O–H groups in total. The molecule has 2 heterocycles. The smallest absolute Gasteiger partial charge is 0.188 e. The lowest BCUT2D eigenvalue weighted by atomic mass is 10.2. The van der Waals surface area contributed by atoms with Crippen LogP contribution in [0.2, 0.25) is 0 Å². The van der Waals surface area contributed by atoms with E-state index in [1.54, 1.807) is 12.5 Å². The lowest BCUT2D eigenvalue weighted by Gasteiger charge is -2.07. The highest BCUT2D eigenvalue weighted by molar-refractivity contribution is 5.95. The van der Waals surface area contributed by atoms with Gasteiger partial charge in [0.25, 0.3) is 0 Å². The highest BCUT2D eigenvalue weighted by Crippen LogP contribution is 2.10. The quantitative estimate of drug-likeness (QED) is 0.775. The molecule has 108 valence electrons. The van der Waals surface area contributed by atoms with E-state index in [9.17, 15) is 4.79 Å². The normalized spacial score (nSPS) is 12.6. The molecule has 0 saturated carbocycles. The Bertz CT molecular complexity index is 572. The number of carbonyl (C=O) groups is 1. The van der Waals surface area contributed by atoms with E-state index in [0.29, 0.717) is 24.8 Å². The lowest BCUT2D eigenvalue weighted by Crippen LogP contribution is -2.09. The van der Waals surface area contributed by atoms with Crippen LogP contribution in [-0.2, 0) is 13.0 Å². The van der Waals surface area contributed by atoms with Gasteiger partial charge in [-0.25, -0.2) is 4.98 Å². The molecule has 2 rings (SSSR count). The van der Waals surface area contributed by atoms with Gasteiger partial charge in [0, 0.05) is 31.5 Å². The van der Waals surface area contributed by atoms with Gasteiger partial charge in [-0.1, -0.05) is 6.92 Å². The molecule has 0 aliphatic carbocycles. The first-order valence-corrected chi connectivity index (χ1v) is 6.93. The average molecular weight is 275 g/mol. The summed E-state index contributed by atoms with van der Waals surface area (Å²) in [7, 11) is 0. The Morgan fingerprint density at radius 2 is 2.30 bits per heavy atom. The Morgan fingerprint density at radius 3 is 3.00 bits per heavy atom. The number of carbonyl (C=O) groups excluding carboxylic acids is 1. The van der Waals surface area contributed by atoms with Crippen molar-refractivity contribution >= 4 is 5.78 Å². The first-order chi connectivity index (χ1) is 9.63. The van der Waals surface area contributed by atoms with E-state index in [0.717, 1.165) is 12.1 Å². The minimum atomic E-state index is -0.0184. The van der Waals surface area contributed by atoms with Crippen LogP contribution in [0.5, 0.6) is 0 Å². The van der Waals surface area contributed by atoms with Crippen molar-refractivity contribution in [3.8, 4) is 0 Å². The minimum Gasteiger partial charge on any atom is -0.335 e. The number of aromatic nitrogens is 4. The number of Topliss-reactive ketones (excluding diaryl/α,β-unsaturated/α-hetero) is 1. The Morgan fingerprint density at radius 1 is 1.50 bits per heavy atom. The summed E-state index contributed by atoms with van der Waals surface area (Å²) in [6.07, 6.45) is 6.59. The lowest BCUT2D eigenvalue weighted by molar-refractivity contribution is 0.0987. The zero-order chi connectivity index (χ0) is 14.5. The largest absolute Gasteiger partial charge is 0.335 e. The van der Waals surface area contributed by atoms with Crippen molar-refractivity contribution in [2.45, 2.75) is 39.3 Å². The van der Waals surface area contributed by atoms with Gasteiger partial charge in [0.05, 0.1) is 18.4 Å². The van der Waals surface area contributed by atoms with Crippen molar-refractivity contribution in [1.82, 2.24) is 19.3 Å². The number of ketones is 1. The zero-order valence-electron chi connectivity index (χ0n) is 12.0. The molecule has 2 aromatic rings. The van der Waals surface area contributed by atoms with Crippen molar-refractivity contribution in [2.24, 2.45) is 5.73 Å². The van der Waals surface area contributed by atoms with Crippen LogP contribution in [0.15, 0.2) is 24.8 Å². The molecule has 2 aromatic heterocycles. The summed E-state index contributed by atoms with van der Waals surface area (Å²) in [5, 5.41) is 4.43. The molecular formula is C14H21N5O. The maximum atomic E-state index is 12.1. The van der Waals surface area contributed by atoms with Gasteiger partial charge in [0.15, 0.2) is 5.78 Å². The Labute approximate surface area is 118 Å². The molecule has 0 radical (unpaired) electrons. The number of hydrogen-bond acceptors (Lipinski definition) is 4. The fourth-order valence-electron chi connectivity index (χ4n) is 1.93. The number of nitrogens with two attached hydrogens (primary N) is 1. The van der Waals surface area contributed by atoms with Gasteiger partial charge in [0.2, 0.25) is 0 Å². The van der Waals surface area contributed by atoms with Gasteiger partial charge in [-0.05, 0) is 19.4 Å². The van der Waals surface area contributed by atoms with Crippen molar-refractivity contribution < 1.29 is 4.79 Å². The fourth-order valence-corrected chi connectivity index (χ4v) is 1.93. The summed E-state index contributed by atoms with van der Waals surface area (Å²) in [5.41, 5.74) is 6.72. The Balaban J connectivity index is 2.01. The van der Waals surface area contributed by atoms with Crippen LogP contribution in [0.4, 0.5) is 0 Å². The number of hydrogen-bond donors (Lipinski definition) is 1. The van der Waals surface area contributed by atoms with Crippen LogP contribution in [0, 0.1) is 0 Å². The highest BCUT2D eigenvalue weighted by atomic mass is 16.1. The van der Waals surface area contributed by atoms with Crippen molar-refractivity contribution in [2.75, 3.05) is 6.54 Å². The number of rotatable bonds is 7. The molecular weight excluding hydrogens is 254 g/mol. The third-order valence-corrected chi connectivity index (χ3v) is 3.35. The molecule has 0 fully saturated rings. The standard InChI is InChI=1S/C14H21N5O/c1-3-11(2)19-6-4-12(17-19)8-14(20)13-9-18(7-5-15)10-16-13/h4,6,9-11H,3,5,7-8,15H2,1-2H3. The maximum Gasteiger partial charge on any atom is 0.188 e. The summed E-state index contributed by atoms with van der Waals surface area (Å²) in [6.45, 7) is 5.42. The molecule has 0 aliphatic rings. The summed E-state index contributed by atoms with van der Waals surface area (Å²) < 4.78 is 3.72. The molecule has 0 amide bonds. The van der Waals surface area contributed by atoms with E-state index in [4.69, 9.17) is 5.73 Å². The van der Waals surface area contributed by atoms with E-state index in [-0.39, 0.29) is 12.2 Å². The van der Waals surface area contributed by atoms with Crippen molar-refractivity contribution in [3.63, 3.8) is 0 Å². The second kappa shape index (κ2) is 6.47. The number of imidazole rings is 1. The van der Waals surface area contributed by atoms with E-state index < -0.39 is 0 Å². The van der Waals surface area contributed by atoms with Crippen molar-refractivity contribution in [1.29, 1.82) is 0 Å². The topological polar surface area (TPSA) is 78.7 Å². The predicted octanol–water partition coefficient (Wildman–Crippen LogP) is 1.43. The van der Waals surface area contributed by atoms with Gasteiger partial charge in [-0.2, -0.15) is 5.10 Å². The summed E-state index contributed by atoms with van der Waals surface area (Å²) in [6, 6.07) is 2.24. The van der Waals surface area contributed by atoms with E-state index >= 15 is 0 Å². The van der Waals surface area contributed by atoms with Gasteiger partial charge >= 0.3 is 0 Å². The van der Waals surface area contributed by atoms with E-state index in [2.05, 4.69) is 23.9 Å². The van der Waals surface area contributed by atoms with Crippen LogP contribution >= 0.6 is 0 Å². The molecule has 20 heavy (non-hydrogen) atoms. The molecule has 1 unspecified atom stereocenters. The molecule has 6 nitrogen and oxygen atoms in total. The first kappa shape index (κ1) is 14.5. The van der Waals surface area contributed by atoms with Gasteiger partial charge in [-0.15, -0.1) is 0 Å². The Hall–Kier alpha value is -1.95. The maximum absolute atomic E-state index is 12.1. The minimum absolute atomic E-state index is 0.0184. The monoisotopic (exact) mass is 275 g/mol. The first-order valence-electron chi connectivity index (χ1n) is 6.93. The van der Waals surface area contributed by atoms with E-state index in [1.165, 1.54) is 0 Å². The van der Waals surface area contributed by atoms with Crippen LogP contribution in [0.25, 0.3) is 0 Å². The second-order valence-corrected chi connectivity index (χ2v) is 4.93. The highest BCUT2D eigenvalue weighted by Gasteiger charge is 2.13. The molecule has 0 aliphatic heterocycles. The van der Waals surface area contributed by atoms with Crippen LogP contribution < -0.4 is 5.73 Å². The average Bonchev–Trinajstić information content (AvgIpc) is 3.07. The molecule has 0 spiro atoms.